The first-order chi connectivity index (χ1) is 12.0. The van der Waals surface area contributed by atoms with Gasteiger partial charge in [0.1, 0.15) is 5.78 Å². The molecule has 0 amide bonds. The number of hydrogen-bond acceptors (Lipinski definition) is 1. The Morgan fingerprint density at radius 1 is 1.08 bits per heavy atom. The molecule has 0 radical (unpaired) electrons. The molecule has 2 nitrogen and oxygen atoms in total. The smallest absolute Gasteiger partial charge is 0.139 e. The first kappa shape index (κ1) is 17.2. The Kier molecular flexibility index (Phi) is 4.89. The van der Waals surface area contributed by atoms with E-state index in [-0.39, 0.29) is 5.92 Å². The second kappa shape index (κ2) is 7.10. The number of rotatable bonds is 5. The first-order valence-electron chi connectivity index (χ1n) is 8.80. The average Bonchev–Trinajstić information content (AvgIpc) is 2.90. The summed E-state index contributed by atoms with van der Waals surface area (Å²) >= 11 is 0. The van der Waals surface area contributed by atoms with E-state index in [1.165, 1.54) is 27.6 Å². The molecule has 3 rings (SSSR count). The molecule has 0 aliphatic heterocycles. The fourth-order valence-corrected chi connectivity index (χ4v) is 3.13. The van der Waals surface area contributed by atoms with Gasteiger partial charge in [0.15, 0.2) is 0 Å². The molecule has 1 aromatic heterocycles. The number of nitrogens with zero attached hydrogens (tertiary/aromatic N) is 1. The van der Waals surface area contributed by atoms with Crippen molar-refractivity contribution >= 4 is 28.8 Å². The van der Waals surface area contributed by atoms with Gasteiger partial charge in [0, 0.05) is 36.5 Å². The molecule has 0 N–H and O–H groups in total. The lowest BCUT2D eigenvalue weighted by molar-refractivity contribution is -0.121. The number of carbonyl (C=O) groups excluding carboxylic acids is 1. The topological polar surface area (TPSA) is 22.0 Å². The summed E-state index contributed by atoms with van der Waals surface area (Å²) in [5.41, 5.74) is 5.94. The van der Waals surface area contributed by atoms with Gasteiger partial charge in [-0.25, -0.2) is 0 Å². The number of benzene rings is 2. The predicted molar refractivity (Wildman–Crippen MR) is 107 cm³/mol. The van der Waals surface area contributed by atoms with Crippen molar-refractivity contribution in [1.82, 2.24) is 4.57 Å². The van der Waals surface area contributed by atoms with Crippen LogP contribution in [0.3, 0.4) is 0 Å². The first-order valence-corrected chi connectivity index (χ1v) is 8.80. The molecule has 0 fully saturated rings. The van der Waals surface area contributed by atoms with Gasteiger partial charge in [0.2, 0.25) is 0 Å². The SMILES string of the molecule is Cc1cc(CC(=O)C(C)C)ccc1/C=C/c1cn(C)c2ccccc12. The molecule has 0 saturated carbocycles. The third kappa shape index (κ3) is 3.74. The maximum absolute atomic E-state index is 11.9. The fourth-order valence-electron chi connectivity index (χ4n) is 3.13. The third-order valence-electron chi connectivity index (χ3n) is 4.73. The van der Waals surface area contributed by atoms with Crippen LogP contribution in [0.4, 0.5) is 0 Å². The lowest BCUT2D eigenvalue weighted by Gasteiger charge is -2.07. The van der Waals surface area contributed by atoms with Crippen LogP contribution in [0.1, 0.15) is 36.1 Å². The predicted octanol–water partition coefficient (Wildman–Crippen LogP) is 5.42. The van der Waals surface area contributed by atoms with Gasteiger partial charge in [-0.1, -0.05) is 62.4 Å². The van der Waals surface area contributed by atoms with Crippen LogP contribution < -0.4 is 0 Å². The number of para-hydroxylation sites is 1. The number of hydrogen-bond donors (Lipinski definition) is 0. The number of Topliss-reactive ketones (excluding diaryl/α,β-unsaturated/α-hetero) is 1. The highest BCUT2D eigenvalue weighted by molar-refractivity contribution is 5.92. The minimum Gasteiger partial charge on any atom is -0.350 e. The summed E-state index contributed by atoms with van der Waals surface area (Å²) in [7, 11) is 2.07. The average molecular weight is 331 g/mol. The molecule has 25 heavy (non-hydrogen) atoms. The Morgan fingerprint density at radius 2 is 1.80 bits per heavy atom. The van der Waals surface area contributed by atoms with Crippen LogP contribution in [0.2, 0.25) is 0 Å². The molecular formula is C23H25NO. The van der Waals surface area contributed by atoms with Gasteiger partial charge in [0.25, 0.3) is 0 Å². The van der Waals surface area contributed by atoms with Crippen LogP contribution in [0, 0.1) is 12.8 Å². The lowest BCUT2D eigenvalue weighted by atomic mass is 9.97. The summed E-state index contributed by atoms with van der Waals surface area (Å²) in [4.78, 5) is 11.9. The summed E-state index contributed by atoms with van der Waals surface area (Å²) in [5, 5.41) is 1.26. The zero-order valence-electron chi connectivity index (χ0n) is 15.4. The molecule has 0 bridgehead atoms. The van der Waals surface area contributed by atoms with Crippen molar-refractivity contribution in [3.63, 3.8) is 0 Å². The molecular weight excluding hydrogens is 306 g/mol. The normalized spacial score (nSPS) is 11.7. The van der Waals surface area contributed by atoms with E-state index in [4.69, 9.17) is 0 Å². The Labute approximate surface area is 149 Å². The summed E-state index contributed by atoms with van der Waals surface area (Å²) in [5.74, 6) is 0.379. The van der Waals surface area contributed by atoms with Crippen molar-refractivity contribution in [2.45, 2.75) is 27.2 Å². The Hall–Kier alpha value is -2.61. The van der Waals surface area contributed by atoms with Gasteiger partial charge in [-0.3, -0.25) is 4.79 Å². The Morgan fingerprint density at radius 3 is 2.52 bits per heavy atom. The highest BCUT2D eigenvalue weighted by Gasteiger charge is 2.09. The van der Waals surface area contributed by atoms with Crippen LogP contribution in [-0.4, -0.2) is 10.4 Å². The number of aromatic nitrogens is 1. The third-order valence-corrected chi connectivity index (χ3v) is 4.73. The molecule has 128 valence electrons. The Bertz CT molecular complexity index is 944. The number of ketones is 1. The molecule has 2 aromatic carbocycles. The second-order valence-corrected chi connectivity index (χ2v) is 7.03. The van der Waals surface area contributed by atoms with Gasteiger partial charge in [0.05, 0.1) is 0 Å². The van der Waals surface area contributed by atoms with Gasteiger partial charge in [-0.2, -0.15) is 0 Å². The van der Waals surface area contributed by atoms with E-state index in [0.717, 1.165) is 5.56 Å². The van der Waals surface area contributed by atoms with Crippen molar-refractivity contribution in [2.75, 3.05) is 0 Å². The van der Waals surface area contributed by atoms with Gasteiger partial charge in [-0.05, 0) is 35.2 Å². The quantitative estimate of drug-likeness (QED) is 0.611. The summed E-state index contributed by atoms with van der Waals surface area (Å²) in [6.45, 7) is 6.01. The summed E-state index contributed by atoms with van der Waals surface area (Å²) in [6, 6.07) is 14.7. The van der Waals surface area contributed by atoms with Crippen molar-refractivity contribution < 1.29 is 4.79 Å². The summed E-state index contributed by atoms with van der Waals surface area (Å²) in [6.07, 6.45) is 7.01. The highest BCUT2D eigenvalue weighted by Crippen LogP contribution is 2.23. The zero-order valence-corrected chi connectivity index (χ0v) is 15.4. The van der Waals surface area contributed by atoms with E-state index in [2.05, 4.69) is 79.4 Å². The molecule has 0 saturated heterocycles. The van der Waals surface area contributed by atoms with Crippen LogP contribution in [-0.2, 0) is 18.3 Å². The molecule has 2 heteroatoms. The van der Waals surface area contributed by atoms with Gasteiger partial charge >= 0.3 is 0 Å². The minimum absolute atomic E-state index is 0.0891. The highest BCUT2D eigenvalue weighted by atomic mass is 16.1. The Balaban J connectivity index is 1.85. The van der Waals surface area contributed by atoms with Crippen LogP contribution in [0.15, 0.2) is 48.7 Å². The van der Waals surface area contributed by atoms with E-state index < -0.39 is 0 Å². The van der Waals surface area contributed by atoms with E-state index in [1.54, 1.807) is 0 Å². The molecule has 0 atom stereocenters. The van der Waals surface area contributed by atoms with Crippen molar-refractivity contribution in [3.8, 4) is 0 Å². The molecule has 0 spiro atoms. The van der Waals surface area contributed by atoms with E-state index in [0.29, 0.717) is 12.2 Å². The molecule has 0 unspecified atom stereocenters. The van der Waals surface area contributed by atoms with Crippen molar-refractivity contribution in [3.05, 3.63) is 70.9 Å². The van der Waals surface area contributed by atoms with Crippen LogP contribution in [0.5, 0.6) is 0 Å². The zero-order chi connectivity index (χ0) is 18.0. The standard InChI is InChI=1S/C23H25NO/c1-16(2)23(25)14-18-9-10-19(17(3)13-18)11-12-20-15-24(4)22-8-6-5-7-21(20)22/h5-13,15-16H,14H2,1-4H3/b12-11+. The maximum atomic E-state index is 11.9. The summed E-state index contributed by atoms with van der Waals surface area (Å²) < 4.78 is 2.16. The largest absolute Gasteiger partial charge is 0.350 e. The van der Waals surface area contributed by atoms with Crippen LogP contribution >= 0.6 is 0 Å². The maximum Gasteiger partial charge on any atom is 0.139 e. The lowest BCUT2D eigenvalue weighted by Crippen LogP contribution is -2.10. The number of fused-ring (bicyclic) bond motifs is 1. The van der Waals surface area contributed by atoms with E-state index in [1.807, 2.05) is 13.8 Å². The number of aryl methyl sites for hydroxylation is 2. The minimum atomic E-state index is 0.0891. The van der Waals surface area contributed by atoms with Crippen molar-refractivity contribution in [2.24, 2.45) is 13.0 Å². The van der Waals surface area contributed by atoms with E-state index >= 15 is 0 Å². The fraction of sp³-hybridized carbons (Fsp3) is 0.261. The monoisotopic (exact) mass is 331 g/mol. The van der Waals surface area contributed by atoms with Gasteiger partial charge < -0.3 is 4.57 Å². The second-order valence-electron chi connectivity index (χ2n) is 7.03. The van der Waals surface area contributed by atoms with E-state index in [9.17, 15) is 4.79 Å². The molecule has 0 aliphatic carbocycles. The molecule has 1 heterocycles. The molecule has 0 aliphatic rings. The van der Waals surface area contributed by atoms with Crippen molar-refractivity contribution in [1.29, 1.82) is 0 Å². The van der Waals surface area contributed by atoms with Gasteiger partial charge in [-0.15, -0.1) is 0 Å². The molecule has 3 aromatic rings. The number of carbonyl (C=O) groups is 1. The van der Waals surface area contributed by atoms with Crippen LogP contribution in [0.25, 0.3) is 23.1 Å².